The van der Waals surface area contributed by atoms with Crippen LogP contribution in [0.15, 0.2) is 36.9 Å². The highest BCUT2D eigenvalue weighted by molar-refractivity contribution is 5.81. The van der Waals surface area contributed by atoms with E-state index in [1.54, 1.807) is 6.20 Å². The molecule has 25 heavy (non-hydrogen) atoms. The molecule has 1 saturated carbocycles. The van der Waals surface area contributed by atoms with Crippen LogP contribution in [0, 0.1) is 11.8 Å². The van der Waals surface area contributed by atoms with E-state index in [2.05, 4.69) is 32.5 Å². The van der Waals surface area contributed by atoms with Gasteiger partial charge in [0, 0.05) is 62.8 Å². The van der Waals surface area contributed by atoms with Gasteiger partial charge in [-0.1, -0.05) is 6.07 Å². The van der Waals surface area contributed by atoms with Gasteiger partial charge in [0.05, 0.1) is 6.54 Å². The zero-order valence-electron chi connectivity index (χ0n) is 14.7. The molecule has 0 bridgehead atoms. The third kappa shape index (κ3) is 3.90. The molecule has 2 aromatic rings. The second-order valence-corrected chi connectivity index (χ2v) is 7.41. The lowest BCUT2D eigenvalue weighted by Gasteiger charge is -2.27. The predicted molar refractivity (Wildman–Crippen MR) is 94.4 cm³/mol. The molecule has 0 spiro atoms. The third-order valence-corrected chi connectivity index (χ3v) is 5.05. The summed E-state index contributed by atoms with van der Waals surface area (Å²) in [5.74, 6) is 1.98. The second kappa shape index (κ2) is 6.96. The molecular formula is C19H25N5O. The van der Waals surface area contributed by atoms with Crippen LogP contribution in [-0.2, 0) is 24.4 Å². The SMILES string of the molecule is CN(Cc1cccnc1)CC1CN(C(=O)C2CC2)Cc2nccn2C1. The highest BCUT2D eigenvalue weighted by Gasteiger charge is 2.36. The van der Waals surface area contributed by atoms with E-state index in [0.717, 1.165) is 44.8 Å². The normalized spacial score (nSPS) is 20.4. The van der Waals surface area contributed by atoms with Crippen LogP contribution in [0.5, 0.6) is 0 Å². The molecule has 1 amide bonds. The molecule has 1 fully saturated rings. The van der Waals surface area contributed by atoms with Crippen LogP contribution in [0.3, 0.4) is 0 Å². The summed E-state index contributed by atoms with van der Waals surface area (Å²) in [6.45, 7) is 4.20. The maximum absolute atomic E-state index is 12.6. The Hall–Kier alpha value is -2.21. The van der Waals surface area contributed by atoms with Crippen LogP contribution in [0.2, 0.25) is 0 Å². The molecule has 0 N–H and O–H groups in total. The van der Waals surface area contributed by atoms with E-state index in [9.17, 15) is 4.79 Å². The van der Waals surface area contributed by atoms with Gasteiger partial charge in [0.2, 0.25) is 5.91 Å². The zero-order valence-corrected chi connectivity index (χ0v) is 14.7. The van der Waals surface area contributed by atoms with Gasteiger partial charge in [0.1, 0.15) is 5.82 Å². The van der Waals surface area contributed by atoms with Crippen molar-refractivity contribution in [1.82, 2.24) is 24.3 Å². The Balaban J connectivity index is 1.45. The molecular weight excluding hydrogens is 314 g/mol. The van der Waals surface area contributed by atoms with Gasteiger partial charge in [-0.15, -0.1) is 0 Å². The quantitative estimate of drug-likeness (QED) is 0.833. The average Bonchev–Trinajstić information content (AvgIpc) is 3.39. The van der Waals surface area contributed by atoms with E-state index in [4.69, 9.17) is 0 Å². The topological polar surface area (TPSA) is 54.3 Å². The number of hydrogen-bond acceptors (Lipinski definition) is 4. The monoisotopic (exact) mass is 339 g/mol. The van der Waals surface area contributed by atoms with Crippen molar-refractivity contribution in [3.8, 4) is 0 Å². The molecule has 4 rings (SSSR count). The molecule has 6 heteroatoms. The fraction of sp³-hybridized carbons (Fsp3) is 0.526. The summed E-state index contributed by atoms with van der Waals surface area (Å²) in [5.41, 5.74) is 1.22. The van der Waals surface area contributed by atoms with Crippen molar-refractivity contribution in [3.05, 3.63) is 48.3 Å². The number of fused-ring (bicyclic) bond motifs is 1. The van der Waals surface area contributed by atoms with Crippen molar-refractivity contribution in [3.63, 3.8) is 0 Å². The van der Waals surface area contributed by atoms with E-state index in [0.29, 0.717) is 18.4 Å². The molecule has 1 unspecified atom stereocenters. The van der Waals surface area contributed by atoms with Crippen molar-refractivity contribution < 1.29 is 4.79 Å². The van der Waals surface area contributed by atoms with Crippen molar-refractivity contribution in [1.29, 1.82) is 0 Å². The summed E-state index contributed by atoms with van der Waals surface area (Å²) in [4.78, 5) is 25.6. The Labute approximate surface area is 148 Å². The van der Waals surface area contributed by atoms with Crippen molar-refractivity contribution in [2.24, 2.45) is 11.8 Å². The number of carbonyl (C=O) groups is 1. The first kappa shape index (κ1) is 16.3. The van der Waals surface area contributed by atoms with Gasteiger partial charge in [0.15, 0.2) is 0 Å². The first-order valence-corrected chi connectivity index (χ1v) is 9.05. The molecule has 2 aromatic heterocycles. The van der Waals surface area contributed by atoms with Gasteiger partial charge in [-0.3, -0.25) is 9.78 Å². The maximum atomic E-state index is 12.6. The lowest BCUT2D eigenvalue weighted by molar-refractivity contribution is -0.133. The van der Waals surface area contributed by atoms with Crippen LogP contribution in [0.1, 0.15) is 24.2 Å². The molecule has 0 radical (unpaired) electrons. The van der Waals surface area contributed by atoms with Gasteiger partial charge in [0.25, 0.3) is 0 Å². The predicted octanol–water partition coefficient (Wildman–Crippen LogP) is 1.78. The number of nitrogens with zero attached hydrogens (tertiary/aromatic N) is 5. The number of pyridine rings is 1. The summed E-state index contributed by atoms with van der Waals surface area (Å²) in [5, 5.41) is 0. The van der Waals surface area contributed by atoms with Crippen LogP contribution in [0.25, 0.3) is 0 Å². The zero-order chi connectivity index (χ0) is 17.2. The summed E-state index contributed by atoms with van der Waals surface area (Å²) >= 11 is 0. The fourth-order valence-corrected chi connectivity index (χ4v) is 3.72. The summed E-state index contributed by atoms with van der Waals surface area (Å²) in [6.07, 6.45) is 9.70. The highest BCUT2D eigenvalue weighted by atomic mass is 16.2. The van der Waals surface area contributed by atoms with Crippen LogP contribution in [-0.4, -0.2) is 50.4 Å². The minimum atomic E-state index is 0.260. The van der Waals surface area contributed by atoms with E-state index in [1.807, 2.05) is 29.6 Å². The molecule has 3 heterocycles. The molecule has 1 aliphatic heterocycles. The smallest absolute Gasteiger partial charge is 0.226 e. The maximum Gasteiger partial charge on any atom is 0.226 e. The highest BCUT2D eigenvalue weighted by Crippen LogP contribution is 2.32. The van der Waals surface area contributed by atoms with Gasteiger partial charge in [-0.2, -0.15) is 0 Å². The Morgan fingerprint density at radius 1 is 1.32 bits per heavy atom. The summed E-state index contributed by atoms with van der Waals surface area (Å²) < 4.78 is 2.21. The van der Waals surface area contributed by atoms with E-state index in [1.165, 1.54) is 5.56 Å². The number of rotatable bonds is 5. The van der Waals surface area contributed by atoms with E-state index >= 15 is 0 Å². The number of aromatic nitrogens is 3. The Bertz CT molecular complexity index is 724. The number of hydrogen-bond donors (Lipinski definition) is 0. The van der Waals surface area contributed by atoms with Crippen LogP contribution < -0.4 is 0 Å². The molecule has 0 aromatic carbocycles. The van der Waals surface area contributed by atoms with Crippen molar-refractivity contribution >= 4 is 5.91 Å². The fourth-order valence-electron chi connectivity index (χ4n) is 3.72. The second-order valence-electron chi connectivity index (χ2n) is 7.41. The largest absolute Gasteiger partial charge is 0.335 e. The van der Waals surface area contributed by atoms with Crippen LogP contribution >= 0.6 is 0 Å². The minimum Gasteiger partial charge on any atom is -0.335 e. The molecule has 1 aliphatic carbocycles. The Morgan fingerprint density at radius 3 is 2.96 bits per heavy atom. The number of carbonyl (C=O) groups excluding carboxylic acids is 1. The van der Waals surface area contributed by atoms with Gasteiger partial charge < -0.3 is 14.4 Å². The Kier molecular flexibility index (Phi) is 4.53. The lowest BCUT2D eigenvalue weighted by atomic mass is 10.1. The number of imidazole rings is 1. The first-order chi connectivity index (χ1) is 12.2. The first-order valence-electron chi connectivity index (χ1n) is 9.05. The molecule has 2 aliphatic rings. The standard InChI is InChI=1S/C19H25N5O/c1-22(10-15-3-2-6-20-9-15)11-16-12-23-8-7-21-18(23)14-24(13-16)19(25)17-4-5-17/h2-3,6-9,16-17H,4-5,10-14H2,1H3. The lowest BCUT2D eigenvalue weighted by Crippen LogP contribution is -2.38. The average molecular weight is 339 g/mol. The summed E-state index contributed by atoms with van der Waals surface area (Å²) in [6, 6.07) is 4.08. The molecule has 132 valence electrons. The van der Waals surface area contributed by atoms with Crippen molar-refractivity contribution in [2.45, 2.75) is 32.5 Å². The van der Waals surface area contributed by atoms with Gasteiger partial charge >= 0.3 is 0 Å². The number of amides is 1. The Morgan fingerprint density at radius 2 is 2.20 bits per heavy atom. The molecule has 1 atom stereocenters. The summed E-state index contributed by atoms with van der Waals surface area (Å²) in [7, 11) is 2.14. The minimum absolute atomic E-state index is 0.260. The van der Waals surface area contributed by atoms with Gasteiger partial charge in [-0.25, -0.2) is 4.98 Å². The van der Waals surface area contributed by atoms with E-state index < -0.39 is 0 Å². The van der Waals surface area contributed by atoms with E-state index in [-0.39, 0.29) is 5.92 Å². The van der Waals surface area contributed by atoms with Crippen LogP contribution in [0.4, 0.5) is 0 Å². The third-order valence-electron chi connectivity index (χ3n) is 5.05. The van der Waals surface area contributed by atoms with Gasteiger partial charge in [-0.05, 0) is 31.5 Å². The molecule has 6 nitrogen and oxygen atoms in total. The van der Waals surface area contributed by atoms with Crippen molar-refractivity contribution in [2.75, 3.05) is 20.1 Å². The molecule has 0 saturated heterocycles.